The van der Waals surface area contributed by atoms with Crippen molar-refractivity contribution < 1.29 is 8.78 Å². The smallest absolute Gasteiger partial charge is 0.181 e. The lowest BCUT2D eigenvalue weighted by Crippen LogP contribution is -2.02. The number of anilines is 1. The third-order valence-corrected chi connectivity index (χ3v) is 3.09. The zero-order valence-electron chi connectivity index (χ0n) is 11.1. The predicted octanol–water partition coefficient (Wildman–Crippen LogP) is 3.76. The minimum atomic E-state index is -0.868. The van der Waals surface area contributed by atoms with Crippen LogP contribution >= 0.6 is 0 Å². The Balaban J connectivity index is 1.72. The molecule has 0 saturated heterocycles. The van der Waals surface area contributed by atoms with Crippen LogP contribution in [0.2, 0.25) is 0 Å². The number of halogens is 2. The van der Waals surface area contributed by atoms with Crippen molar-refractivity contribution in [3.05, 3.63) is 78.1 Å². The molecule has 106 valence electrons. The lowest BCUT2D eigenvalue weighted by molar-refractivity contribution is 0.511. The van der Waals surface area contributed by atoms with Crippen molar-refractivity contribution in [2.45, 2.75) is 6.54 Å². The highest BCUT2D eigenvalue weighted by Gasteiger charge is 2.07. The van der Waals surface area contributed by atoms with Gasteiger partial charge in [0.1, 0.15) is 0 Å². The highest BCUT2D eigenvalue weighted by Crippen LogP contribution is 2.17. The Labute approximate surface area is 120 Å². The van der Waals surface area contributed by atoms with Gasteiger partial charge in [-0.15, -0.1) is 0 Å². The van der Waals surface area contributed by atoms with Crippen LogP contribution in [0.5, 0.6) is 0 Å². The highest BCUT2D eigenvalue weighted by molar-refractivity contribution is 5.45. The zero-order valence-corrected chi connectivity index (χ0v) is 11.1. The molecule has 3 aromatic rings. The molecule has 3 rings (SSSR count). The molecule has 0 amide bonds. The monoisotopic (exact) mass is 285 g/mol. The summed E-state index contributed by atoms with van der Waals surface area (Å²) in [5, 5.41) is 7.11. The van der Waals surface area contributed by atoms with Crippen LogP contribution in [0.3, 0.4) is 0 Å². The van der Waals surface area contributed by atoms with Gasteiger partial charge in [-0.1, -0.05) is 24.3 Å². The third kappa shape index (κ3) is 2.91. The minimum absolute atomic E-state index is 0.141. The molecular formula is C16H13F2N3. The fourth-order valence-electron chi connectivity index (χ4n) is 2.01. The quantitative estimate of drug-likeness (QED) is 0.791. The fourth-order valence-corrected chi connectivity index (χ4v) is 2.01. The Bertz CT molecular complexity index is 738. The molecule has 0 bridgehead atoms. The van der Waals surface area contributed by atoms with Gasteiger partial charge in [-0.25, -0.2) is 13.5 Å². The molecule has 3 nitrogen and oxygen atoms in total. The van der Waals surface area contributed by atoms with Crippen molar-refractivity contribution in [2.75, 3.05) is 5.32 Å². The van der Waals surface area contributed by atoms with Crippen LogP contribution < -0.4 is 5.32 Å². The summed E-state index contributed by atoms with van der Waals surface area (Å²) in [5.41, 5.74) is 1.96. The summed E-state index contributed by atoms with van der Waals surface area (Å²) < 4.78 is 28.4. The van der Waals surface area contributed by atoms with E-state index < -0.39 is 11.6 Å². The maximum atomic E-state index is 13.5. The van der Waals surface area contributed by atoms with Gasteiger partial charge in [-0.05, 0) is 24.3 Å². The van der Waals surface area contributed by atoms with Gasteiger partial charge in [0.15, 0.2) is 11.6 Å². The molecule has 21 heavy (non-hydrogen) atoms. The summed E-state index contributed by atoms with van der Waals surface area (Å²) in [6.07, 6.45) is 3.54. The maximum Gasteiger partial charge on any atom is 0.181 e. The Morgan fingerprint density at radius 2 is 1.81 bits per heavy atom. The van der Waals surface area contributed by atoms with Crippen LogP contribution in [-0.4, -0.2) is 9.78 Å². The summed E-state index contributed by atoms with van der Waals surface area (Å²) in [4.78, 5) is 0. The number of hydrogen-bond donors (Lipinski definition) is 1. The lowest BCUT2D eigenvalue weighted by atomic mass is 10.2. The van der Waals surface area contributed by atoms with Gasteiger partial charge in [0.2, 0.25) is 0 Å². The first-order valence-corrected chi connectivity index (χ1v) is 6.51. The first kappa shape index (κ1) is 13.3. The van der Waals surface area contributed by atoms with Crippen molar-refractivity contribution >= 4 is 5.69 Å². The maximum absolute atomic E-state index is 13.5. The summed E-state index contributed by atoms with van der Waals surface area (Å²) >= 11 is 0. The van der Waals surface area contributed by atoms with E-state index in [1.54, 1.807) is 10.9 Å². The third-order valence-electron chi connectivity index (χ3n) is 3.09. The zero-order chi connectivity index (χ0) is 14.7. The van der Waals surface area contributed by atoms with Gasteiger partial charge in [-0.3, -0.25) is 0 Å². The van der Waals surface area contributed by atoms with Gasteiger partial charge >= 0.3 is 0 Å². The molecule has 0 spiro atoms. The van der Waals surface area contributed by atoms with Crippen molar-refractivity contribution in [3.8, 4) is 5.69 Å². The predicted molar refractivity (Wildman–Crippen MR) is 77.2 cm³/mol. The van der Waals surface area contributed by atoms with Gasteiger partial charge in [0.05, 0.1) is 17.6 Å². The molecule has 0 unspecified atom stereocenters. The first-order chi connectivity index (χ1) is 10.2. The average molecular weight is 285 g/mol. The van der Waals surface area contributed by atoms with Crippen molar-refractivity contribution in [2.24, 2.45) is 0 Å². The molecule has 2 aromatic carbocycles. The first-order valence-electron chi connectivity index (χ1n) is 6.51. The standard InChI is InChI=1S/C16H13F2N3/c17-14-7-4-8-15(16(14)18)19-9-12-10-20-21(11-12)13-5-2-1-3-6-13/h1-8,10-11,19H,9H2. The molecule has 0 atom stereocenters. The van der Waals surface area contributed by atoms with E-state index in [-0.39, 0.29) is 5.69 Å². The second kappa shape index (κ2) is 5.75. The lowest BCUT2D eigenvalue weighted by Gasteiger charge is -2.06. The fraction of sp³-hybridized carbons (Fsp3) is 0.0625. The van der Waals surface area contributed by atoms with Crippen LogP contribution in [0, 0.1) is 11.6 Å². The average Bonchev–Trinajstić information content (AvgIpc) is 2.99. The summed E-state index contributed by atoms with van der Waals surface area (Å²) in [6.45, 7) is 0.368. The number of aromatic nitrogens is 2. The van der Waals surface area contributed by atoms with E-state index in [0.717, 1.165) is 17.3 Å². The van der Waals surface area contributed by atoms with E-state index in [1.165, 1.54) is 12.1 Å². The second-order valence-corrected chi connectivity index (χ2v) is 4.58. The second-order valence-electron chi connectivity index (χ2n) is 4.58. The molecule has 1 heterocycles. The van der Waals surface area contributed by atoms with E-state index in [2.05, 4.69) is 10.4 Å². The van der Waals surface area contributed by atoms with Gasteiger partial charge in [0, 0.05) is 18.3 Å². The number of benzene rings is 2. The van der Waals surface area contributed by atoms with E-state index in [4.69, 9.17) is 0 Å². The Hall–Kier alpha value is -2.69. The van der Waals surface area contributed by atoms with Crippen LogP contribution in [0.4, 0.5) is 14.5 Å². The SMILES string of the molecule is Fc1cccc(NCc2cnn(-c3ccccc3)c2)c1F. The molecule has 0 fully saturated rings. The van der Waals surface area contributed by atoms with Crippen LogP contribution in [0.15, 0.2) is 60.9 Å². The van der Waals surface area contributed by atoms with E-state index in [1.807, 2.05) is 36.5 Å². The molecule has 1 N–H and O–H groups in total. The van der Waals surface area contributed by atoms with E-state index >= 15 is 0 Å². The van der Waals surface area contributed by atoms with Gasteiger partial charge < -0.3 is 5.32 Å². The van der Waals surface area contributed by atoms with E-state index in [0.29, 0.717) is 6.54 Å². The number of para-hydroxylation sites is 1. The van der Waals surface area contributed by atoms with Gasteiger partial charge in [-0.2, -0.15) is 5.10 Å². The van der Waals surface area contributed by atoms with Gasteiger partial charge in [0.25, 0.3) is 0 Å². The summed E-state index contributed by atoms with van der Waals surface area (Å²) in [6, 6.07) is 13.7. The molecule has 0 aliphatic carbocycles. The normalized spacial score (nSPS) is 10.6. The summed E-state index contributed by atoms with van der Waals surface area (Å²) in [7, 11) is 0. The molecule has 5 heteroatoms. The minimum Gasteiger partial charge on any atom is -0.378 e. The number of hydrogen-bond acceptors (Lipinski definition) is 2. The van der Waals surface area contributed by atoms with Crippen LogP contribution in [-0.2, 0) is 6.54 Å². The topological polar surface area (TPSA) is 29.9 Å². The summed E-state index contributed by atoms with van der Waals surface area (Å²) in [5.74, 6) is -1.73. The molecule has 0 saturated carbocycles. The Kier molecular flexibility index (Phi) is 3.64. The highest BCUT2D eigenvalue weighted by atomic mass is 19.2. The molecule has 1 aromatic heterocycles. The van der Waals surface area contributed by atoms with Crippen molar-refractivity contribution in [1.82, 2.24) is 9.78 Å². The van der Waals surface area contributed by atoms with Crippen LogP contribution in [0.1, 0.15) is 5.56 Å². The number of nitrogens with one attached hydrogen (secondary N) is 1. The molecular weight excluding hydrogens is 272 g/mol. The van der Waals surface area contributed by atoms with Crippen molar-refractivity contribution in [1.29, 1.82) is 0 Å². The van der Waals surface area contributed by atoms with Crippen molar-refractivity contribution in [3.63, 3.8) is 0 Å². The Morgan fingerprint density at radius 1 is 1.00 bits per heavy atom. The Morgan fingerprint density at radius 3 is 2.62 bits per heavy atom. The number of nitrogens with zero attached hydrogens (tertiary/aromatic N) is 2. The molecule has 0 aliphatic heterocycles. The largest absolute Gasteiger partial charge is 0.378 e. The molecule has 0 radical (unpaired) electrons. The number of rotatable bonds is 4. The molecule has 0 aliphatic rings. The van der Waals surface area contributed by atoms with E-state index in [9.17, 15) is 8.78 Å². The van der Waals surface area contributed by atoms with Crippen LogP contribution in [0.25, 0.3) is 5.69 Å².